The van der Waals surface area contributed by atoms with Crippen molar-refractivity contribution in [3.8, 4) is 34.2 Å². The van der Waals surface area contributed by atoms with Gasteiger partial charge in [-0.25, -0.2) is 15.0 Å². The molecule has 0 aliphatic carbocycles. The second-order valence-corrected chi connectivity index (χ2v) is 8.98. The zero-order chi connectivity index (χ0) is 21.5. The first-order chi connectivity index (χ1) is 15.8. The monoisotopic (exact) mass is 449 g/mol. The van der Waals surface area contributed by atoms with Crippen LogP contribution >= 0.6 is 22.9 Å². The van der Waals surface area contributed by atoms with E-state index < -0.39 is 0 Å². The number of thiophene rings is 1. The van der Waals surface area contributed by atoms with Crippen molar-refractivity contribution in [1.29, 1.82) is 0 Å². The van der Waals surface area contributed by atoms with Crippen molar-refractivity contribution in [3.63, 3.8) is 0 Å². The molecule has 2 heterocycles. The van der Waals surface area contributed by atoms with Gasteiger partial charge in [-0.15, -0.1) is 11.3 Å². The third-order valence-corrected chi connectivity index (χ3v) is 6.76. The molecule has 0 saturated carbocycles. The molecule has 152 valence electrons. The average molecular weight is 450 g/mol. The summed E-state index contributed by atoms with van der Waals surface area (Å²) in [5, 5.41) is 3.04. The molecule has 5 heteroatoms. The number of rotatable bonds is 3. The maximum atomic E-state index is 6.27. The largest absolute Gasteiger partial charge is 0.208 e. The predicted molar refractivity (Wildman–Crippen MR) is 134 cm³/mol. The molecule has 0 bridgehead atoms. The van der Waals surface area contributed by atoms with Crippen molar-refractivity contribution in [2.75, 3.05) is 0 Å². The van der Waals surface area contributed by atoms with E-state index in [-0.39, 0.29) is 0 Å². The molecule has 2 aromatic heterocycles. The van der Waals surface area contributed by atoms with E-state index in [2.05, 4.69) is 42.5 Å². The Morgan fingerprint density at radius 3 is 2.06 bits per heavy atom. The summed E-state index contributed by atoms with van der Waals surface area (Å²) in [6, 6.07) is 32.4. The predicted octanol–water partition coefficient (Wildman–Crippen LogP) is 7.89. The topological polar surface area (TPSA) is 38.7 Å². The minimum Gasteiger partial charge on any atom is -0.208 e. The van der Waals surface area contributed by atoms with Gasteiger partial charge in [0, 0.05) is 41.9 Å². The van der Waals surface area contributed by atoms with E-state index in [4.69, 9.17) is 26.6 Å². The second-order valence-electron chi connectivity index (χ2n) is 7.46. The van der Waals surface area contributed by atoms with Crippen LogP contribution in [0.4, 0.5) is 0 Å². The van der Waals surface area contributed by atoms with Crippen molar-refractivity contribution in [3.05, 3.63) is 102 Å². The van der Waals surface area contributed by atoms with Crippen molar-refractivity contribution in [1.82, 2.24) is 15.0 Å². The van der Waals surface area contributed by atoms with E-state index in [9.17, 15) is 0 Å². The van der Waals surface area contributed by atoms with Gasteiger partial charge in [0.2, 0.25) is 0 Å². The Kier molecular flexibility index (Phi) is 4.67. The highest BCUT2D eigenvalue weighted by atomic mass is 35.5. The summed E-state index contributed by atoms with van der Waals surface area (Å²) in [6.45, 7) is 0. The molecule has 6 aromatic rings. The zero-order valence-electron chi connectivity index (χ0n) is 16.9. The van der Waals surface area contributed by atoms with Crippen LogP contribution < -0.4 is 0 Å². The number of halogens is 1. The van der Waals surface area contributed by atoms with Gasteiger partial charge in [-0.2, -0.15) is 0 Å². The Morgan fingerprint density at radius 2 is 1.22 bits per heavy atom. The van der Waals surface area contributed by atoms with Crippen LogP contribution in [0.25, 0.3) is 54.3 Å². The number of fused-ring (bicyclic) bond motifs is 3. The fourth-order valence-electron chi connectivity index (χ4n) is 3.93. The average Bonchev–Trinajstić information content (AvgIpc) is 3.23. The first-order valence-electron chi connectivity index (χ1n) is 10.2. The van der Waals surface area contributed by atoms with Gasteiger partial charge in [0.1, 0.15) is 0 Å². The first kappa shape index (κ1) is 19.1. The van der Waals surface area contributed by atoms with Gasteiger partial charge in [0.05, 0.1) is 0 Å². The summed E-state index contributed by atoms with van der Waals surface area (Å²) in [5.74, 6) is 1.90. The number of benzene rings is 4. The molecule has 3 nitrogen and oxygen atoms in total. The van der Waals surface area contributed by atoms with Crippen LogP contribution in [0.2, 0.25) is 5.02 Å². The molecule has 0 fully saturated rings. The number of nitrogens with zero attached hydrogens (tertiary/aromatic N) is 3. The highest BCUT2D eigenvalue weighted by Gasteiger charge is 2.16. The molecule has 6 rings (SSSR count). The fourth-order valence-corrected chi connectivity index (χ4v) is 5.25. The van der Waals surface area contributed by atoms with Crippen molar-refractivity contribution >= 4 is 43.1 Å². The molecular weight excluding hydrogens is 434 g/mol. The normalized spacial score (nSPS) is 11.3. The van der Waals surface area contributed by atoms with Crippen LogP contribution in [-0.4, -0.2) is 15.0 Å². The lowest BCUT2D eigenvalue weighted by Crippen LogP contribution is -2.00. The second kappa shape index (κ2) is 7.83. The molecule has 0 saturated heterocycles. The Labute approximate surface area is 194 Å². The maximum absolute atomic E-state index is 6.27. The van der Waals surface area contributed by atoms with E-state index in [0.717, 1.165) is 16.7 Å². The number of hydrogen-bond acceptors (Lipinski definition) is 4. The van der Waals surface area contributed by atoms with Gasteiger partial charge in [-0.05, 0) is 24.3 Å². The highest BCUT2D eigenvalue weighted by Crippen LogP contribution is 2.39. The molecule has 0 spiro atoms. The summed E-state index contributed by atoms with van der Waals surface area (Å²) in [6.07, 6.45) is 0. The molecule has 0 radical (unpaired) electrons. The van der Waals surface area contributed by atoms with Gasteiger partial charge < -0.3 is 0 Å². The minimum absolute atomic E-state index is 0.605. The molecule has 0 unspecified atom stereocenters. The van der Waals surface area contributed by atoms with Crippen LogP contribution in [0, 0.1) is 0 Å². The Bertz CT molecular complexity index is 1590. The Hall–Kier alpha value is -3.60. The van der Waals surface area contributed by atoms with Gasteiger partial charge in [-0.3, -0.25) is 0 Å². The summed E-state index contributed by atoms with van der Waals surface area (Å²) < 4.78 is 2.47. The minimum atomic E-state index is 0.605. The zero-order valence-corrected chi connectivity index (χ0v) is 18.4. The molecule has 0 amide bonds. The SMILES string of the molecule is Clc1cccc(-c2nc(-c3ccccc3)nc(-c3cccc4sc5ccccc5c34)n2)c1. The summed E-state index contributed by atoms with van der Waals surface area (Å²) in [4.78, 5) is 14.6. The van der Waals surface area contributed by atoms with Gasteiger partial charge in [0.25, 0.3) is 0 Å². The van der Waals surface area contributed by atoms with E-state index >= 15 is 0 Å². The van der Waals surface area contributed by atoms with Gasteiger partial charge in [0.15, 0.2) is 17.5 Å². The third-order valence-electron chi connectivity index (χ3n) is 5.39. The summed E-state index contributed by atoms with van der Waals surface area (Å²) in [7, 11) is 0. The standard InChI is InChI=1S/C27H16ClN3S/c28-19-11-6-10-18(16-19)26-29-25(17-8-2-1-3-9-17)30-27(31-26)21-13-7-15-23-24(21)20-12-4-5-14-22(20)32-23/h1-16H. The van der Waals surface area contributed by atoms with E-state index in [1.165, 1.54) is 20.2 Å². The van der Waals surface area contributed by atoms with Crippen LogP contribution in [0.1, 0.15) is 0 Å². The van der Waals surface area contributed by atoms with Crippen LogP contribution in [0.15, 0.2) is 97.1 Å². The smallest absolute Gasteiger partial charge is 0.164 e. The summed E-state index contributed by atoms with van der Waals surface area (Å²) in [5.41, 5.74) is 2.81. The molecule has 0 aliphatic heterocycles. The fraction of sp³-hybridized carbons (Fsp3) is 0. The lowest BCUT2D eigenvalue weighted by atomic mass is 10.1. The highest BCUT2D eigenvalue weighted by molar-refractivity contribution is 7.25. The molecule has 32 heavy (non-hydrogen) atoms. The van der Waals surface area contributed by atoms with E-state index in [1.54, 1.807) is 11.3 Å². The molecule has 0 N–H and O–H groups in total. The van der Waals surface area contributed by atoms with Crippen molar-refractivity contribution in [2.45, 2.75) is 0 Å². The molecular formula is C27H16ClN3S. The van der Waals surface area contributed by atoms with Crippen LogP contribution in [0.5, 0.6) is 0 Å². The lowest BCUT2D eigenvalue weighted by Gasteiger charge is -2.09. The Morgan fingerprint density at radius 1 is 0.562 bits per heavy atom. The van der Waals surface area contributed by atoms with Gasteiger partial charge >= 0.3 is 0 Å². The van der Waals surface area contributed by atoms with E-state index in [0.29, 0.717) is 22.5 Å². The Balaban J connectivity index is 1.65. The van der Waals surface area contributed by atoms with Crippen molar-refractivity contribution < 1.29 is 0 Å². The van der Waals surface area contributed by atoms with Crippen LogP contribution in [0.3, 0.4) is 0 Å². The van der Waals surface area contributed by atoms with Crippen LogP contribution in [-0.2, 0) is 0 Å². The number of aromatic nitrogens is 3. The van der Waals surface area contributed by atoms with Crippen molar-refractivity contribution in [2.24, 2.45) is 0 Å². The third kappa shape index (κ3) is 3.34. The van der Waals surface area contributed by atoms with Gasteiger partial charge in [-0.1, -0.05) is 84.4 Å². The molecule has 0 atom stereocenters. The van der Waals surface area contributed by atoms with E-state index in [1.807, 2.05) is 54.6 Å². The molecule has 0 aliphatic rings. The lowest BCUT2D eigenvalue weighted by molar-refractivity contribution is 1.08. The molecule has 4 aromatic carbocycles. The maximum Gasteiger partial charge on any atom is 0.164 e. The summed E-state index contributed by atoms with van der Waals surface area (Å²) >= 11 is 8.05. The number of hydrogen-bond donors (Lipinski definition) is 0. The quantitative estimate of drug-likeness (QED) is 0.275. The first-order valence-corrected chi connectivity index (χ1v) is 11.4.